The molecule has 3 aromatic rings. The molecule has 0 atom stereocenters. The molecule has 1 aromatic carbocycles. The first-order valence-electron chi connectivity index (χ1n) is 8.06. The number of ether oxygens (including phenoxy) is 2. The van der Waals surface area contributed by atoms with Crippen molar-refractivity contribution in [1.82, 2.24) is 15.0 Å². The third kappa shape index (κ3) is 3.49. The number of aromatic nitrogens is 4. The van der Waals surface area contributed by atoms with Crippen LogP contribution in [-0.4, -0.2) is 27.6 Å². The van der Waals surface area contributed by atoms with E-state index in [-0.39, 0.29) is 5.82 Å². The molecule has 0 amide bonds. The minimum Gasteiger partial charge on any atom is -0.710 e. The predicted molar refractivity (Wildman–Crippen MR) is 92.3 cm³/mol. The quantitative estimate of drug-likeness (QED) is 0.397. The van der Waals surface area contributed by atoms with E-state index in [4.69, 9.17) is 9.47 Å². The fraction of sp³-hybridized carbons (Fsp3) is 0.222. The Morgan fingerprint density at radius 2 is 2.12 bits per heavy atom. The number of rotatable bonds is 5. The van der Waals surface area contributed by atoms with Crippen LogP contribution in [0.5, 0.6) is 11.5 Å². The molecule has 0 spiro atoms. The van der Waals surface area contributed by atoms with Gasteiger partial charge >= 0.3 is 11.8 Å². The molecule has 8 heteroatoms. The van der Waals surface area contributed by atoms with Crippen molar-refractivity contribution in [3.63, 3.8) is 0 Å². The highest BCUT2D eigenvalue weighted by atomic mass is 16.5. The monoisotopic (exact) mass is 354 g/mol. The molecule has 0 radical (unpaired) electrons. The van der Waals surface area contributed by atoms with Crippen LogP contribution in [-0.2, 0) is 4.74 Å². The normalized spacial score (nSPS) is 10.6. The summed E-state index contributed by atoms with van der Waals surface area (Å²) in [7, 11) is 0. The summed E-state index contributed by atoms with van der Waals surface area (Å²) in [6, 6.07) is 8.20. The third-order valence-corrected chi connectivity index (χ3v) is 3.69. The Morgan fingerprint density at radius 1 is 1.31 bits per heavy atom. The summed E-state index contributed by atoms with van der Waals surface area (Å²) < 4.78 is 11.6. The van der Waals surface area contributed by atoms with E-state index in [1.165, 1.54) is 23.1 Å². The van der Waals surface area contributed by atoms with Crippen molar-refractivity contribution in [2.75, 3.05) is 6.61 Å². The average Bonchev–Trinajstić information content (AvgIpc) is 3.04. The first kappa shape index (κ1) is 17.4. The standard InChI is InChI=1S/C18H18N4O4/c1-4-25-18(23)15-6-5-7-16(13(15)3)26-14-8-9-21(24)17(10-14)22-19-11-12(2)20-22/h5-11H,4H2,1-3H3. The van der Waals surface area contributed by atoms with Crippen molar-refractivity contribution < 1.29 is 19.0 Å². The van der Waals surface area contributed by atoms with E-state index in [0.717, 1.165) is 0 Å². The van der Waals surface area contributed by atoms with Gasteiger partial charge in [-0.05, 0) is 32.9 Å². The third-order valence-electron chi connectivity index (χ3n) is 3.69. The number of benzene rings is 1. The number of hydrogen-bond acceptors (Lipinski definition) is 6. The topological polar surface area (TPSA) is 93.2 Å². The summed E-state index contributed by atoms with van der Waals surface area (Å²) in [5, 5.41) is 20.2. The zero-order chi connectivity index (χ0) is 18.7. The molecule has 134 valence electrons. The smallest absolute Gasteiger partial charge is 0.338 e. The lowest BCUT2D eigenvalue weighted by molar-refractivity contribution is -0.600. The molecule has 0 aliphatic heterocycles. The second-order valence-electron chi connectivity index (χ2n) is 5.57. The summed E-state index contributed by atoms with van der Waals surface area (Å²) in [4.78, 5) is 13.2. The van der Waals surface area contributed by atoms with Gasteiger partial charge in [0.05, 0.1) is 30.6 Å². The van der Waals surface area contributed by atoms with Gasteiger partial charge in [-0.3, -0.25) is 0 Å². The Hall–Kier alpha value is -3.42. The number of hydrogen-bond donors (Lipinski definition) is 0. The zero-order valence-corrected chi connectivity index (χ0v) is 14.7. The lowest BCUT2D eigenvalue weighted by Crippen LogP contribution is -2.32. The molecule has 0 N–H and O–H groups in total. The van der Waals surface area contributed by atoms with Crippen LogP contribution >= 0.6 is 0 Å². The van der Waals surface area contributed by atoms with E-state index in [1.807, 2.05) is 0 Å². The molecular weight excluding hydrogens is 336 g/mol. The van der Waals surface area contributed by atoms with Crippen LogP contribution in [0.4, 0.5) is 0 Å². The molecule has 8 nitrogen and oxygen atoms in total. The second kappa shape index (κ2) is 7.22. The minimum atomic E-state index is -0.405. The summed E-state index contributed by atoms with van der Waals surface area (Å²) in [6.07, 6.45) is 2.87. The maximum Gasteiger partial charge on any atom is 0.338 e. The molecule has 0 unspecified atom stereocenters. The lowest BCUT2D eigenvalue weighted by atomic mass is 10.1. The Morgan fingerprint density at radius 3 is 2.81 bits per heavy atom. The van der Waals surface area contributed by atoms with Gasteiger partial charge in [0.15, 0.2) is 0 Å². The van der Waals surface area contributed by atoms with Crippen molar-refractivity contribution in [2.45, 2.75) is 20.8 Å². The van der Waals surface area contributed by atoms with Gasteiger partial charge in [0.25, 0.3) is 0 Å². The molecule has 0 bridgehead atoms. The van der Waals surface area contributed by atoms with Crippen LogP contribution < -0.4 is 9.47 Å². The van der Waals surface area contributed by atoms with Gasteiger partial charge in [-0.2, -0.15) is 0 Å². The number of carbonyl (C=O) groups is 1. The number of esters is 1. The van der Waals surface area contributed by atoms with Gasteiger partial charge in [-0.1, -0.05) is 16.3 Å². The highest BCUT2D eigenvalue weighted by Crippen LogP contribution is 2.27. The van der Waals surface area contributed by atoms with E-state index < -0.39 is 5.97 Å². The van der Waals surface area contributed by atoms with E-state index in [0.29, 0.717) is 39.7 Å². The minimum absolute atomic E-state index is 0.204. The zero-order valence-electron chi connectivity index (χ0n) is 14.7. The van der Waals surface area contributed by atoms with Crippen molar-refractivity contribution in [3.05, 3.63) is 64.8 Å². The first-order valence-corrected chi connectivity index (χ1v) is 8.06. The average molecular weight is 354 g/mol. The summed E-state index contributed by atoms with van der Waals surface area (Å²) in [6.45, 7) is 5.61. The molecule has 0 aliphatic carbocycles. The van der Waals surface area contributed by atoms with Crippen molar-refractivity contribution >= 4 is 5.97 Å². The Kier molecular flexibility index (Phi) is 4.83. The summed E-state index contributed by atoms with van der Waals surface area (Å²) in [5.41, 5.74) is 1.78. The molecule has 2 aromatic heterocycles. The first-order chi connectivity index (χ1) is 12.5. The van der Waals surface area contributed by atoms with Gasteiger partial charge in [0.1, 0.15) is 17.2 Å². The fourth-order valence-electron chi connectivity index (χ4n) is 2.40. The van der Waals surface area contributed by atoms with Crippen LogP contribution in [0.1, 0.15) is 28.5 Å². The number of aryl methyl sites for hydroxylation is 1. The van der Waals surface area contributed by atoms with Crippen molar-refractivity contribution in [2.24, 2.45) is 0 Å². The van der Waals surface area contributed by atoms with Gasteiger partial charge in [0, 0.05) is 16.4 Å². The van der Waals surface area contributed by atoms with E-state index in [1.54, 1.807) is 45.2 Å². The molecule has 26 heavy (non-hydrogen) atoms. The molecule has 3 rings (SSSR count). The van der Waals surface area contributed by atoms with Gasteiger partial charge in [-0.25, -0.2) is 9.52 Å². The molecule has 2 heterocycles. The van der Waals surface area contributed by atoms with Crippen LogP contribution in [0, 0.1) is 19.1 Å². The Balaban J connectivity index is 1.92. The molecular formula is C18H18N4O4. The Labute approximate surface area is 150 Å². The van der Waals surface area contributed by atoms with Gasteiger partial charge in [-0.15, -0.1) is 0 Å². The second-order valence-corrected chi connectivity index (χ2v) is 5.57. The maximum atomic E-state index is 12.0. The fourth-order valence-corrected chi connectivity index (χ4v) is 2.40. The SMILES string of the molecule is CCOC(=O)c1cccc(Oc2cc[n+]([O-])c(-n3ncc(C)n3)c2)c1C. The van der Waals surface area contributed by atoms with Crippen LogP contribution in [0.3, 0.4) is 0 Å². The van der Waals surface area contributed by atoms with Gasteiger partial charge in [0.2, 0.25) is 0 Å². The van der Waals surface area contributed by atoms with E-state index >= 15 is 0 Å². The highest BCUT2D eigenvalue weighted by molar-refractivity contribution is 5.91. The molecule has 0 aliphatic rings. The van der Waals surface area contributed by atoms with Crippen LogP contribution in [0.2, 0.25) is 0 Å². The highest BCUT2D eigenvalue weighted by Gasteiger charge is 2.17. The lowest BCUT2D eigenvalue weighted by Gasteiger charge is -2.13. The van der Waals surface area contributed by atoms with Crippen molar-refractivity contribution in [1.29, 1.82) is 0 Å². The molecule has 0 saturated heterocycles. The molecule has 0 saturated carbocycles. The largest absolute Gasteiger partial charge is 0.710 e. The van der Waals surface area contributed by atoms with Gasteiger partial charge < -0.3 is 14.7 Å². The maximum absolute atomic E-state index is 12.0. The number of pyridine rings is 1. The summed E-state index contributed by atoms with van der Waals surface area (Å²) in [5.74, 6) is 0.716. The van der Waals surface area contributed by atoms with Crippen molar-refractivity contribution in [3.8, 4) is 17.3 Å². The van der Waals surface area contributed by atoms with Crippen LogP contribution in [0.25, 0.3) is 5.82 Å². The number of nitrogens with zero attached hydrogens (tertiary/aromatic N) is 4. The van der Waals surface area contributed by atoms with E-state index in [9.17, 15) is 10.0 Å². The number of carbonyl (C=O) groups excluding carboxylic acids is 1. The van der Waals surface area contributed by atoms with Crippen LogP contribution in [0.15, 0.2) is 42.7 Å². The Bertz CT molecular complexity index is 952. The summed E-state index contributed by atoms with van der Waals surface area (Å²) >= 11 is 0. The van der Waals surface area contributed by atoms with E-state index in [2.05, 4.69) is 10.2 Å². The molecule has 0 fully saturated rings. The predicted octanol–water partition coefficient (Wildman–Crippen LogP) is 2.49.